The van der Waals surface area contributed by atoms with Crippen LogP contribution in [0.15, 0.2) is 0 Å². The maximum Gasteiger partial charge on any atom is -0.0107 e. The monoisotopic (exact) mass is 342 g/mol. The molecule has 2 heteroatoms. The fourth-order valence-electron chi connectivity index (χ4n) is 5.38. The van der Waals surface area contributed by atoms with Crippen LogP contribution in [0.25, 0.3) is 0 Å². The second-order valence-corrected chi connectivity index (χ2v) is 18.8. The van der Waals surface area contributed by atoms with E-state index >= 15 is 0 Å². The molecular weight excluding hydrogens is 302 g/mol. The van der Waals surface area contributed by atoms with Crippen molar-refractivity contribution < 1.29 is 0 Å². The van der Waals surface area contributed by atoms with Crippen molar-refractivity contribution in [3.05, 3.63) is 0 Å². The highest BCUT2D eigenvalue weighted by molar-refractivity contribution is 8.32. The molecule has 0 radical (unpaired) electrons. The highest BCUT2D eigenvalue weighted by Crippen LogP contribution is 2.91. The van der Waals surface area contributed by atoms with Gasteiger partial charge >= 0.3 is 0 Å². The number of rotatable bonds is 1. The predicted molar refractivity (Wildman–Crippen MR) is 107 cm³/mol. The van der Waals surface area contributed by atoms with Gasteiger partial charge in [-0.15, -0.1) is 0 Å². The molecule has 2 aliphatic rings. The van der Waals surface area contributed by atoms with Crippen molar-refractivity contribution in [1.29, 1.82) is 0 Å². The molecule has 0 unspecified atom stereocenters. The SMILES string of the molecule is CC1(C)CCCCC(C)(C)P1P1C(C)(C)CCCCC1(C)C. The zero-order chi connectivity index (χ0) is 16.8. The van der Waals surface area contributed by atoms with Gasteiger partial charge in [0.05, 0.1) is 0 Å². The van der Waals surface area contributed by atoms with E-state index in [1.165, 1.54) is 51.4 Å². The van der Waals surface area contributed by atoms with Crippen LogP contribution >= 0.6 is 15.2 Å². The van der Waals surface area contributed by atoms with Gasteiger partial charge in [0.2, 0.25) is 0 Å². The Morgan fingerprint density at radius 2 is 0.591 bits per heavy atom. The zero-order valence-electron chi connectivity index (χ0n) is 16.6. The number of hydrogen-bond donors (Lipinski definition) is 0. The average molecular weight is 342 g/mol. The first-order chi connectivity index (χ1) is 9.90. The van der Waals surface area contributed by atoms with Crippen molar-refractivity contribution in [2.24, 2.45) is 0 Å². The third kappa shape index (κ3) is 3.75. The van der Waals surface area contributed by atoms with E-state index in [9.17, 15) is 0 Å². The summed E-state index contributed by atoms with van der Waals surface area (Å²) in [6, 6.07) is 0. The topological polar surface area (TPSA) is 0 Å². The Morgan fingerprint density at radius 1 is 0.409 bits per heavy atom. The second kappa shape index (κ2) is 6.30. The van der Waals surface area contributed by atoms with E-state index in [4.69, 9.17) is 0 Å². The fourth-order valence-corrected chi connectivity index (χ4v) is 20.0. The first kappa shape index (κ1) is 19.2. The Hall–Kier alpha value is 0.860. The molecule has 0 spiro atoms. The van der Waals surface area contributed by atoms with Gasteiger partial charge < -0.3 is 0 Å². The predicted octanol–water partition coefficient (Wildman–Crippen LogP) is 8.13. The molecule has 0 aromatic carbocycles. The van der Waals surface area contributed by atoms with Crippen LogP contribution < -0.4 is 0 Å². The molecule has 2 fully saturated rings. The van der Waals surface area contributed by atoms with E-state index < -0.39 is 0 Å². The first-order valence-electron chi connectivity index (χ1n) is 9.51. The summed E-state index contributed by atoms with van der Waals surface area (Å²) in [4.78, 5) is 0. The summed E-state index contributed by atoms with van der Waals surface area (Å²) in [5.74, 6) is 0. The molecule has 0 saturated carbocycles. The van der Waals surface area contributed by atoms with Gasteiger partial charge in [0.25, 0.3) is 0 Å². The Morgan fingerprint density at radius 3 is 0.773 bits per heavy atom. The molecule has 2 aliphatic heterocycles. The Kier molecular flexibility index (Phi) is 5.49. The van der Waals surface area contributed by atoms with E-state index in [0.717, 1.165) is 0 Å². The van der Waals surface area contributed by atoms with Gasteiger partial charge in [0.1, 0.15) is 0 Å². The Bertz CT molecular complexity index is 319. The lowest BCUT2D eigenvalue weighted by molar-refractivity contribution is 0.563. The van der Waals surface area contributed by atoms with Crippen LogP contribution in [0.2, 0.25) is 0 Å². The smallest absolute Gasteiger partial charge is 0.0107 e. The average Bonchev–Trinajstić information content (AvgIpc) is 2.51. The summed E-state index contributed by atoms with van der Waals surface area (Å²) in [5.41, 5.74) is 0. The van der Waals surface area contributed by atoms with Crippen LogP contribution in [0.1, 0.15) is 107 Å². The van der Waals surface area contributed by atoms with Crippen LogP contribution in [0.4, 0.5) is 0 Å². The minimum atomic E-state index is 0.0688. The van der Waals surface area contributed by atoms with Crippen LogP contribution in [0.3, 0.4) is 0 Å². The van der Waals surface area contributed by atoms with Crippen LogP contribution in [-0.4, -0.2) is 20.6 Å². The second-order valence-electron chi connectivity index (χ2n) is 10.3. The lowest BCUT2D eigenvalue weighted by Crippen LogP contribution is -2.36. The van der Waals surface area contributed by atoms with Gasteiger partial charge in [-0.25, -0.2) is 0 Å². The van der Waals surface area contributed by atoms with Crippen LogP contribution in [-0.2, 0) is 0 Å². The van der Waals surface area contributed by atoms with E-state index in [0.29, 0.717) is 20.6 Å². The largest absolute Gasteiger partial charge is 0.0683 e. The molecule has 0 nitrogen and oxygen atoms in total. The fraction of sp³-hybridized carbons (Fsp3) is 1.00. The molecule has 0 aromatic heterocycles. The summed E-state index contributed by atoms with van der Waals surface area (Å²) in [7, 11) is 0.138. The summed E-state index contributed by atoms with van der Waals surface area (Å²) >= 11 is 0. The van der Waals surface area contributed by atoms with Gasteiger partial charge in [-0.2, -0.15) is 0 Å². The highest BCUT2D eigenvalue weighted by Gasteiger charge is 2.54. The molecule has 130 valence electrons. The molecule has 2 heterocycles. The summed E-state index contributed by atoms with van der Waals surface area (Å²) in [6.07, 6.45) is 11.7. The van der Waals surface area contributed by atoms with Crippen LogP contribution in [0.5, 0.6) is 0 Å². The van der Waals surface area contributed by atoms with Crippen LogP contribution in [0, 0.1) is 0 Å². The quantitative estimate of drug-likeness (QED) is 0.422. The molecule has 0 atom stereocenters. The van der Waals surface area contributed by atoms with Crippen molar-refractivity contribution in [1.82, 2.24) is 0 Å². The van der Waals surface area contributed by atoms with Crippen molar-refractivity contribution in [2.45, 2.75) is 127 Å². The van der Waals surface area contributed by atoms with Crippen molar-refractivity contribution in [2.75, 3.05) is 0 Å². The molecule has 2 saturated heterocycles. The standard InChI is InChI=1S/C20H40P2/c1-17(2)13-9-10-14-18(3,4)21(17)22-19(5,6)15-11-12-16-20(22,7)8/h9-16H2,1-8H3. The molecule has 2 rings (SSSR count). The highest BCUT2D eigenvalue weighted by atomic mass is 32.1. The third-order valence-corrected chi connectivity index (χ3v) is 19.7. The molecule has 0 aliphatic carbocycles. The van der Waals surface area contributed by atoms with Crippen molar-refractivity contribution in [3.8, 4) is 0 Å². The zero-order valence-corrected chi connectivity index (χ0v) is 18.3. The van der Waals surface area contributed by atoms with Crippen molar-refractivity contribution in [3.63, 3.8) is 0 Å². The molecular formula is C20H40P2. The van der Waals surface area contributed by atoms with Gasteiger partial charge in [-0.05, 0) is 46.3 Å². The molecule has 0 bridgehead atoms. The maximum atomic E-state index is 2.63. The Balaban J connectivity index is 2.54. The molecule has 22 heavy (non-hydrogen) atoms. The summed E-state index contributed by atoms with van der Waals surface area (Å²) in [5, 5.41) is 2.28. The van der Waals surface area contributed by atoms with E-state index in [2.05, 4.69) is 55.4 Å². The van der Waals surface area contributed by atoms with Gasteiger partial charge in [0, 0.05) is 0 Å². The lowest BCUT2D eigenvalue weighted by Gasteiger charge is -2.57. The first-order valence-corrected chi connectivity index (χ1v) is 12.9. The number of hydrogen-bond acceptors (Lipinski definition) is 0. The molecule has 0 N–H and O–H groups in total. The van der Waals surface area contributed by atoms with E-state index in [-0.39, 0.29) is 15.2 Å². The normalized spacial score (nSPS) is 32.2. The maximum absolute atomic E-state index is 2.63. The molecule has 0 amide bonds. The van der Waals surface area contributed by atoms with Gasteiger partial charge in [-0.3, -0.25) is 0 Å². The summed E-state index contributed by atoms with van der Waals surface area (Å²) < 4.78 is 0. The van der Waals surface area contributed by atoms with E-state index in [1.807, 2.05) is 0 Å². The van der Waals surface area contributed by atoms with Crippen molar-refractivity contribution >= 4 is 15.2 Å². The lowest BCUT2D eigenvalue weighted by atomic mass is 10.0. The Labute approximate surface area is 143 Å². The van der Waals surface area contributed by atoms with E-state index in [1.54, 1.807) is 0 Å². The van der Waals surface area contributed by atoms with Gasteiger partial charge in [-0.1, -0.05) is 96.3 Å². The minimum absolute atomic E-state index is 0.0688. The van der Waals surface area contributed by atoms with Gasteiger partial charge in [0.15, 0.2) is 0 Å². The third-order valence-electron chi connectivity index (χ3n) is 6.15. The molecule has 0 aromatic rings. The summed E-state index contributed by atoms with van der Waals surface area (Å²) in [6.45, 7) is 21.0. The minimum Gasteiger partial charge on any atom is -0.0683 e.